The van der Waals surface area contributed by atoms with Crippen LogP contribution in [0, 0.1) is 0 Å². The molecule has 37 heavy (non-hydrogen) atoms. The van der Waals surface area contributed by atoms with Crippen molar-refractivity contribution < 1.29 is 14.3 Å². The number of ether oxygens (including phenoxy) is 2. The van der Waals surface area contributed by atoms with Crippen molar-refractivity contribution in [1.82, 2.24) is 4.90 Å². The summed E-state index contributed by atoms with van der Waals surface area (Å²) in [6.07, 6.45) is 2.67. The first-order valence-electron chi connectivity index (χ1n) is 11.8. The SMILES string of the molecule is CCCN1C(=O)/C(=C/c2cc(Br)c(OCc3ccccc3Cl)c(OCC)c2)SC1=Nc1ccc(Cl)cc1. The molecule has 1 saturated heterocycles. The van der Waals surface area contributed by atoms with E-state index >= 15 is 0 Å². The number of halogens is 3. The van der Waals surface area contributed by atoms with Crippen molar-refractivity contribution in [2.75, 3.05) is 13.2 Å². The number of amides is 1. The first-order chi connectivity index (χ1) is 17.9. The van der Waals surface area contributed by atoms with E-state index in [1.54, 1.807) is 17.0 Å². The number of carbonyl (C=O) groups excluding carboxylic acids is 1. The molecule has 0 atom stereocenters. The standard InChI is InChI=1S/C28H25BrCl2N2O3S/c1-3-13-33-27(34)25(37-28(33)32-21-11-9-20(30)10-12-21)16-18-14-22(29)26(24(15-18)35-4-2)36-17-19-7-5-6-8-23(19)31/h5-12,14-16H,3-4,13,17H2,1-2H3/b25-16-,32-28?. The van der Waals surface area contributed by atoms with Crippen LogP contribution in [-0.2, 0) is 11.4 Å². The average Bonchev–Trinajstić information content (AvgIpc) is 3.15. The lowest BCUT2D eigenvalue weighted by Crippen LogP contribution is -2.29. The summed E-state index contributed by atoms with van der Waals surface area (Å²) in [6, 6.07) is 18.6. The van der Waals surface area contributed by atoms with Crippen LogP contribution in [0.2, 0.25) is 10.0 Å². The zero-order valence-corrected chi connectivity index (χ0v) is 24.3. The third-order valence-electron chi connectivity index (χ3n) is 5.35. The number of aliphatic imine (C=N–C) groups is 1. The summed E-state index contributed by atoms with van der Waals surface area (Å²) in [4.78, 5) is 20.3. The van der Waals surface area contributed by atoms with Gasteiger partial charge in [-0.05, 0) is 95.1 Å². The van der Waals surface area contributed by atoms with Crippen molar-refractivity contribution in [2.45, 2.75) is 26.9 Å². The molecule has 4 rings (SSSR count). The molecule has 0 spiro atoms. The van der Waals surface area contributed by atoms with Crippen LogP contribution >= 0.6 is 50.9 Å². The predicted molar refractivity (Wildman–Crippen MR) is 157 cm³/mol. The first kappa shape index (κ1) is 27.6. The Balaban J connectivity index is 1.62. The smallest absolute Gasteiger partial charge is 0.266 e. The number of amidine groups is 1. The van der Waals surface area contributed by atoms with Crippen LogP contribution in [0.4, 0.5) is 5.69 Å². The highest BCUT2D eigenvalue weighted by atomic mass is 79.9. The highest BCUT2D eigenvalue weighted by molar-refractivity contribution is 9.10. The second-order valence-electron chi connectivity index (χ2n) is 8.08. The Bertz CT molecular complexity index is 1350. The van der Waals surface area contributed by atoms with Gasteiger partial charge in [0, 0.05) is 22.2 Å². The van der Waals surface area contributed by atoms with E-state index < -0.39 is 0 Å². The highest BCUT2D eigenvalue weighted by Gasteiger charge is 2.33. The molecular formula is C28H25BrCl2N2O3S. The Morgan fingerprint density at radius 1 is 1.05 bits per heavy atom. The van der Waals surface area contributed by atoms with Gasteiger partial charge in [-0.1, -0.05) is 48.3 Å². The van der Waals surface area contributed by atoms with E-state index in [0.717, 1.165) is 23.2 Å². The topological polar surface area (TPSA) is 51.1 Å². The molecule has 0 N–H and O–H groups in total. The van der Waals surface area contributed by atoms with E-state index in [2.05, 4.69) is 15.9 Å². The maximum atomic E-state index is 13.3. The van der Waals surface area contributed by atoms with Gasteiger partial charge >= 0.3 is 0 Å². The van der Waals surface area contributed by atoms with Crippen LogP contribution in [0.5, 0.6) is 11.5 Å². The highest BCUT2D eigenvalue weighted by Crippen LogP contribution is 2.40. The number of benzene rings is 3. The molecule has 1 fully saturated rings. The molecule has 3 aromatic carbocycles. The van der Waals surface area contributed by atoms with Gasteiger partial charge in [0.1, 0.15) is 6.61 Å². The third kappa shape index (κ3) is 6.90. The summed E-state index contributed by atoms with van der Waals surface area (Å²) in [7, 11) is 0. The molecule has 5 nitrogen and oxygen atoms in total. The van der Waals surface area contributed by atoms with E-state index in [4.69, 9.17) is 37.7 Å². The predicted octanol–water partition coefficient (Wildman–Crippen LogP) is 8.75. The Labute approximate surface area is 239 Å². The number of rotatable bonds is 9. The molecule has 0 aromatic heterocycles. The van der Waals surface area contributed by atoms with Crippen LogP contribution in [0.1, 0.15) is 31.4 Å². The van der Waals surface area contributed by atoms with Crippen LogP contribution < -0.4 is 9.47 Å². The van der Waals surface area contributed by atoms with Crippen LogP contribution in [0.25, 0.3) is 6.08 Å². The molecule has 1 aliphatic heterocycles. The second-order valence-corrected chi connectivity index (χ2v) is 10.8. The van der Waals surface area contributed by atoms with Crippen LogP contribution in [0.15, 0.2) is 75.0 Å². The van der Waals surface area contributed by atoms with Gasteiger partial charge in [0.25, 0.3) is 5.91 Å². The second kappa shape index (κ2) is 12.9. The van der Waals surface area contributed by atoms with Crippen molar-refractivity contribution in [3.8, 4) is 11.5 Å². The largest absolute Gasteiger partial charge is 0.490 e. The molecule has 1 heterocycles. The quantitative estimate of drug-likeness (QED) is 0.225. The third-order valence-corrected chi connectivity index (χ3v) is 7.56. The fourth-order valence-corrected chi connectivity index (χ4v) is 5.54. The molecule has 1 aliphatic rings. The summed E-state index contributed by atoms with van der Waals surface area (Å²) in [6.45, 7) is 5.29. The van der Waals surface area contributed by atoms with Crippen LogP contribution in [0.3, 0.4) is 0 Å². The monoisotopic (exact) mass is 618 g/mol. The summed E-state index contributed by atoms with van der Waals surface area (Å²) >= 11 is 17.3. The van der Waals surface area contributed by atoms with Gasteiger partial charge in [0.2, 0.25) is 0 Å². The Hall–Kier alpha value is -2.45. The van der Waals surface area contributed by atoms with Crippen LogP contribution in [-0.4, -0.2) is 29.1 Å². The van der Waals surface area contributed by atoms with Crippen molar-refractivity contribution in [2.24, 2.45) is 4.99 Å². The molecule has 192 valence electrons. The molecular weight excluding hydrogens is 595 g/mol. The molecule has 0 radical (unpaired) electrons. The molecule has 0 bridgehead atoms. The van der Waals surface area contributed by atoms with Gasteiger partial charge in [-0.15, -0.1) is 0 Å². The summed E-state index contributed by atoms with van der Waals surface area (Å²) in [5.74, 6) is 1.08. The lowest BCUT2D eigenvalue weighted by Gasteiger charge is -2.15. The fourth-order valence-electron chi connectivity index (χ4n) is 3.63. The van der Waals surface area contributed by atoms with Crippen molar-refractivity contribution >= 4 is 73.7 Å². The number of thioether (sulfide) groups is 1. The van der Waals surface area contributed by atoms with Gasteiger partial charge in [0.05, 0.1) is 21.7 Å². The van der Waals surface area contributed by atoms with Crippen molar-refractivity contribution in [3.63, 3.8) is 0 Å². The fraction of sp³-hybridized carbons (Fsp3) is 0.214. The summed E-state index contributed by atoms with van der Waals surface area (Å²) in [5, 5.41) is 1.92. The molecule has 0 unspecified atom stereocenters. The van der Waals surface area contributed by atoms with Crippen molar-refractivity contribution in [3.05, 3.63) is 91.2 Å². The maximum absolute atomic E-state index is 13.3. The summed E-state index contributed by atoms with van der Waals surface area (Å²) in [5.41, 5.74) is 2.42. The lowest BCUT2D eigenvalue weighted by atomic mass is 10.1. The van der Waals surface area contributed by atoms with Gasteiger partial charge < -0.3 is 9.47 Å². The summed E-state index contributed by atoms with van der Waals surface area (Å²) < 4.78 is 12.7. The van der Waals surface area contributed by atoms with Gasteiger partial charge in [-0.2, -0.15) is 0 Å². The minimum absolute atomic E-state index is 0.0762. The molecule has 1 amide bonds. The number of hydrogen-bond acceptors (Lipinski definition) is 5. The van der Waals surface area contributed by atoms with Crippen molar-refractivity contribution in [1.29, 1.82) is 0 Å². The molecule has 3 aromatic rings. The van der Waals surface area contributed by atoms with E-state index in [1.807, 2.05) is 68.5 Å². The number of carbonyl (C=O) groups is 1. The lowest BCUT2D eigenvalue weighted by molar-refractivity contribution is -0.122. The maximum Gasteiger partial charge on any atom is 0.266 e. The zero-order chi connectivity index (χ0) is 26.4. The first-order valence-corrected chi connectivity index (χ1v) is 14.1. The number of nitrogens with zero attached hydrogens (tertiary/aromatic N) is 2. The Morgan fingerprint density at radius 3 is 2.51 bits per heavy atom. The van der Waals surface area contributed by atoms with E-state index in [-0.39, 0.29) is 5.91 Å². The van der Waals surface area contributed by atoms with Gasteiger partial charge in [-0.3, -0.25) is 9.69 Å². The molecule has 9 heteroatoms. The van der Waals surface area contributed by atoms with Gasteiger partial charge in [-0.25, -0.2) is 4.99 Å². The molecule has 0 aliphatic carbocycles. The van der Waals surface area contributed by atoms with E-state index in [9.17, 15) is 4.79 Å². The normalized spacial score (nSPS) is 15.6. The Kier molecular flexibility index (Phi) is 9.60. The molecule has 0 saturated carbocycles. The Morgan fingerprint density at radius 2 is 1.81 bits per heavy atom. The number of hydrogen-bond donors (Lipinski definition) is 0. The average molecular weight is 620 g/mol. The van der Waals surface area contributed by atoms with E-state index in [0.29, 0.717) is 55.8 Å². The zero-order valence-electron chi connectivity index (χ0n) is 20.3. The van der Waals surface area contributed by atoms with E-state index in [1.165, 1.54) is 11.8 Å². The van der Waals surface area contributed by atoms with Gasteiger partial charge in [0.15, 0.2) is 16.7 Å². The minimum Gasteiger partial charge on any atom is -0.490 e. The minimum atomic E-state index is -0.0762.